The van der Waals surface area contributed by atoms with Crippen LogP contribution in [0.5, 0.6) is 11.5 Å². The number of furan rings is 1. The first-order chi connectivity index (χ1) is 12.6. The van der Waals surface area contributed by atoms with Crippen molar-refractivity contribution in [2.24, 2.45) is 7.05 Å². The first-order valence-electron chi connectivity index (χ1n) is 7.83. The van der Waals surface area contributed by atoms with E-state index >= 15 is 0 Å². The quantitative estimate of drug-likeness (QED) is 0.460. The number of hydrogen-bond acceptors (Lipinski definition) is 5. The third kappa shape index (κ3) is 4.15. The fourth-order valence-electron chi connectivity index (χ4n) is 2.31. The second-order valence-corrected chi connectivity index (χ2v) is 5.85. The summed E-state index contributed by atoms with van der Waals surface area (Å²) in [4.78, 5) is 12.1. The second-order valence-electron chi connectivity index (χ2n) is 5.44. The van der Waals surface area contributed by atoms with E-state index in [9.17, 15) is 4.79 Å². The highest BCUT2D eigenvalue weighted by Gasteiger charge is 2.12. The molecule has 3 aromatic rings. The molecule has 0 bridgehead atoms. The molecule has 0 N–H and O–H groups in total. The van der Waals surface area contributed by atoms with Crippen LogP contribution in [0.25, 0.3) is 6.08 Å². The molecule has 0 amide bonds. The summed E-state index contributed by atoms with van der Waals surface area (Å²) in [6.07, 6.45) is 4.51. The SMILES string of the molecule is COc1ccccc1OCc1ccc(/C=C/C(=O)c2nn(C)cc2Cl)o1. The summed E-state index contributed by atoms with van der Waals surface area (Å²) in [7, 11) is 3.29. The minimum Gasteiger partial charge on any atom is -0.493 e. The Balaban J connectivity index is 1.62. The molecule has 0 saturated heterocycles. The van der Waals surface area contributed by atoms with Crippen molar-refractivity contribution in [2.75, 3.05) is 7.11 Å². The Bertz CT molecular complexity index is 943. The summed E-state index contributed by atoms with van der Waals surface area (Å²) in [5.74, 6) is 2.14. The number of hydrogen-bond donors (Lipinski definition) is 0. The Morgan fingerprint density at radius 3 is 2.73 bits per heavy atom. The Morgan fingerprint density at radius 1 is 1.27 bits per heavy atom. The molecule has 0 aliphatic heterocycles. The predicted molar refractivity (Wildman–Crippen MR) is 97.6 cm³/mol. The van der Waals surface area contributed by atoms with Gasteiger partial charge in [-0.2, -0.15) is 5.10 Å². The number of aromatic nitrogens is 2. The Kier molecular flexibility index (Phi) is 5.43. The fraction of sp³-hybridized carbons (Fsp3) is 0.158. The van der Waals surface area contributed by atoms with Crippen molar-refractivity contribution in [3.63, 3.8) is 0 Å². The molecular weight excluding hydrogens is 356 g/mol. The van der Waals surface area contributed by atoms with E-state index < -0.39 is 0 Å². The molecule has 0 saturated carbocycles. The van der Waals surface area contributed by atoms with Gasteiger partial charge in [-0.1, -0.05) is 23.7 Å². The Labute approximate surface area is 155 Å². The lowest BCUT2D eigenvalue weighted by Gasteiger charge is -2.08. The number of benzene rings is 1. The van der Waals surface area contributed by atoms with Crippen molar-refractivity contribution in [1.82, 2.24) is 9.78 Å². The smallest absolute Gasteiger partial charge is 0.207 e. The topological polar surface area (TPSA) is 66.5 Å². The molecule has 0 atom stereocenters. The third-order valence-corrected chi connectivity index (χ3v) is 3.81. The fourth-order valence-corrected chi connectivity index (χ4v) is 2.58. The molecule has 1 aromatic carbocycles. The van der Waals surface area contributed by atoms with Gasteiger partial charge in [0.15, 0.2) is 17.2 Å². The molecule has 7 heteroatoms. The maximum Gasteiger partial charge on any atom is 0.207 e. The third-order valence-electron chi connectivity index (χ3n) is 3.54. The van der Waals surface area contributed by atoms with Crippen molar-refractivity contribution in [2.45, 2.75) is 6.61 Å². The average molecular weight is 373 g/mol. The molecule has 2 aromatic heterocycles. The second kappa shape index (κ2) is 7.93. The highest BCUT2D eigenvalue weighted by Crippen LogP contribution is 2.27. The van der Waals surface area contributed by atoms with Gasteiger partial charge >= 0.3 is 0 Å². The van der Waals surface area contributed by atoms with Gasteiger partial charge in [0, 0.05) is 13.2 Å². The minimum atomic E-state index is -0.293. The number of carbonyl (C=O) groups is 1. The van der Waals surface area contributed by atoms with Gasteiger partial charge in [-0.05, 0) is 36.4 Å². The van der Waals surface area contributed by atoms with Crippen LogP contribution in [-0.4, -0.2) is 22.7 Å². The lowest BCUT2D eigenvalue weighted by molar-refractivity contribution is 0.104. The van der Waals surface area contributed by atoms with E-state index in [4.69, 9.17) is 25.5 Å². The molecule has 0 aliphatic carbocycles. The van der Waals surface area contributed by atoms with Crippen LogP contribution in [0.2, 0.25) is 5.02 Å². The standard InChI is InChI=1S/C19H17ClN2O4/c1-22-11-15(20)19(21-22)16(23)10-9-13-7-8-14(26-13)12-25-18-6-4-3-5-17(18)24-2/h3-11H,12H2,1-2H3/b10-9+. The van der Waals surface area contributed by atoms with Crippen LogP contribution in [-0.2, 0) is 13.7 Å². The molecular formula is C19H17ClN2O4. The van der Waals surface area contributed by atoms with Crippen LogP contribution in [0.15, 0.2) is 53.1 Å². The molecule has 0 radical (unpaired) electrons. The number of ketones is 1. The number of para-hydroxylation sites is 2. The van der Waals surface area contributed by atoms with Crippen LogP contribution in [0.1, 0.15) is 22.0 Å². The van der Waals surface area contributed by atoms with Crippen molar-refractivity contribution in [3.05, 3.63) is 70.9 Å². The number of nitrogens with zero attached hydrogens (tertiary/aromatic N) is 2. The van der Waals surface area contributed by atoms with E-state index in [1.807, 2.05) is 24.3 Å². The minimum absolute atomic E-state index is 0.205. The summed E-state index contributed by atoms with van der Waals surface area (Å²) in [6.45, 7) is 0.244. The van der Waals surface area contributed by atoms with E-state index in [0.29, 0.717) is 28.0 Å². The molecule has 6 nitrogen and oxygen atoms in total. The molecule has 0 fully saturated rings. The average Bonchev–Trinajstić information content (AvgIpc) is 3.23. The van der Waals surface area contributed by atoms with Crippen LogP contribution in [0.3, 0.4) is 0 Å². The summed E-state index contributed by atoms with van der Waals surface area (Å²) in [5, 5.41) is 4.34. The van der Waals surface area contributed by atoms with Gasteiger partial charge in [-0.25, -0.2) is 0 Å². The van der Waals surface area contributed by atoms with E-state index in [1.54, 1.807) is 38.6 Å². The molecule has 0 aliphatic rings. The molecule has 3 rings (SSSR count). The number of aryl methyl sites for hydroxylation is 1. The largest absolute Gasteiger partial charge is 0.493 e. The summed E-state index contributed by atoms with van der Waals surface area (Å²) < 4.78 is 18.1. The first-order valence-corrected chi connectivity index (χ1v) is 8.20. The normalized spacial score (nSPS) is 11.0. The van der Waals surface area contributed by atoms with Crippen molar-refractivity contribution in [1.29, 1.82) is 0 Å². The van der Waals surface area contributed by atoms with E-state index in [0.717, 1.165) is 0 Å². The van der Waals surface area contributed by atoms with E-state index in [-0.39, 0.29) is 18.1 Å². The highest BCUT2D eigenvalue weighted by atomic mass is 35.5. The number of halogens is 1. The maximum absolute atomic E-state index is 12.1. The van der Waals surface area contributed by atoms with Gasteiger partial charge in [0.1, 0.15) is 18.1 Å². The van der Waals surface area contributed by atoms with Crippen molar-refractivity contribution in [3.8, 4) is 11.5 Å². The van der Waals surface area contributed by atoms with Crippen molar-refractivity contribution < 1.29 is 18.7 Å². The maximum atomic E-state index is 12.1. The van der Waals surface area contributed by atoms with E-state index in [2.05, 4.69) is 5.10 Å². The number of allylic oxidation sites excluding steroid dienone is 1. The molecule has 0 spiro atoms. The van der Waals surface area contributed by atoms with Crippen LogP contribution in [0, 0.1) is 0 Å². The Morgan fingerprint density at radius 2 is 2.04 bits per heavy atom. The van der Waals surface area contributed by atoms with Gasteiger partial charge < -0.3 is 13.9 Å². The van der Waals surface area contributed by atoms with E-state index in [1.165, 1.54) is 10.8 Å². The van der Waals surface area contributed by atoms with Crippen LogP contribution >= 0.6 is 11.6 Å². The number of carbonyl (C=O) groups excluding carboxylic acids is 1. The summed E-state index contributed by atoms with van der Waals surface area (Å²) in [6, 6.07) is 10.9. The Hall–Kier alpha value is -2.99. The number of ether oxygens (including phenoxy) is 2. The van der Waals surface area contributed by atoms with Crippen LogP contribution in [0.4, 0.5) is 0 Å². The van der Waals surface area contributed by atoms with Crippen molar-refractivity contribution >= 4 is 23.5 Å². The van der Waals surface area contributed by atoms with Gasteiger partial charge in [0.25, 0.3) is 0 Å². The van der Waals surface area contributed by atoms with Gasteiger partial charge in [-0.15, -0.1) is 0 Å². The molecule has 0 unspecified atom stereocenters. The zero-order valence-corrected chi connectivity index (χ0v) is 15.1. The first kappa shape index (κ1) is 17.8. The number of methoxy groups -OCH3 is 1. The summed E-state index contributed by atoms with van der Waals surface area (Å²) in [5.41, 5.74) is 0.205. The zero-order chi connectivity index (χ0) is 18.5. The molecule has 2 heterocycles. The molecule has 134 valence electrons. The summed E-state index contributed by atoms with van der Waals surface area (Å²) >= 11 is 5.96. The zero-order valence-electron chi connectivity index (χ0n) is 14.3. The monoisotopic (exact) mass is 372 g/mol. The number of rotatable bonds is 7. The van der Waals surface area contributed by atoms with Crippen LogP contribution < -0.4 is 9.47 Å². The lowest BCUT2D eigenvalue weighted by Crippen LogP contribution is -1.98. The molecule has 26 heavy (non-hydrogen) atoms. The van der Waals surface area contributed by atoms with Gasteiger partial charge in [0.05, 0.1) is 12.1 Å². The highest BCUT2D eigenvalue weighted by molar-refractivity contribution is 6.34. The predicted octanol–water partition coefficient (Wildman–Crippen LogP) is 4.15. The van der Waals surface area contributed by atoms with Gasteiger partial charge in [-0.3, -0.25) is 9.48 Å². The van der Waals surface area contributed by atoms with Gasteiger partial charge in [0.2, 0.25) is 5.78 Å². The lowest BCUT2D eigenvalue weighted by atomic mass is 10.2.